The van der Waals surface area contributed by atoms with E-state index in [-0.39, 0.29) is 5.92 Å². The lowest BCUT2D eigenvalue weighted by atomic mass is 9.85. The molecule has 5 rings (SSSR count). The number of aldehydes is 1. The number of ether oxygens (including phenoxy) is 1. The van der Waals surface area contributed by atoms with Gasteiger partial charge in [0.1, 0.15) is 12.0 Å². The molecule has 1 aliphatic rings. The number of benzene rings is 2. The summed E-state index contributed by atoms with van der Waals surface area (Å²) < 4.78 is 7.44. The number of carbonyl (C=O) groups excluding carboxylic acids is 1. The average molecular weight is 447 g/mol. The Morgan fingerprint density at radius 2 is 2.16 bits per heavy atom. The SMILES string of the molecule is Cc1csc2ccc([C@H]3CCN(CC(C=O)COc4cccc5[nH]ccc45)[C@@H](C)C3)cc12. The summed E-state index contributed by atoms with van der Waals surface area (Å²) >= 11 is 1.83. The van der Waals surface area contributed by atoms with E-state index >= 15 is 0 Å². The summed E-state index contributed by atoms with van der Waals surface area (Å²) in [5, 5.41) is 4.71. The molecule has 4 nitrogen and oxygen atoms in total. The summed E-state index contributed by atoms with van der Waals surface area (Å²) in [7, 11) is 0. The van der Waals surface area contributed by atoms with Crippen LogP contribution in [0.3, 0.4) is 0 Å². The van der Waals surface area contributed by atoms with Crippen molar-refractivity contribution in [3.05, 3.63) is 65.2 Å². The van der Waals surface area contributed by atoms with Gasteiger partial charge < -0.3 is 14.5 Å². The van der Waals surface area contributed by atoms with Crippen LogP contribution in [-0.2, 0) is 4.79 Å². The van der Waals surface area contributed by atoms with Gasteiger partial charge in [-0.15, -0.1) is 11.3 Å². The maximum Gasteiger partial charge on any atom is 0.128 e. The summed E-state index contributed by atoms with van der Waals surface area (Å²) in [6, 6.07) is 15.4. The smallest absolute Gasteiger partial charge is 0.128 e. The minimum atomic E-state index is -0.131. The molecule has 0 saturated carbocycles. The van der Waals surface area contributed by atoms with Gasteiger partial charge in [-0.1, -0.05) is 12.1 Å². The fraction of sp³-hybridized carbons (Fsp3) is 0.370. The quantitative estimate of drug-likeness (QED) is 0.346. The number of aromatic nitrogens is 1. The lowest BCUT2D eigenvalue weighted by molar-refractivity contribution is -0.112. The van der Waals surface area contributed by atoms with Crippen molar-refractivity contribution in [3.8, 4) is 5.75 Å². The number of fused-ring (bicyclic) bond motifs is 2. The number of nitrogens with zero attached hydrogens (tertiary/aromatic N) is 1. The Hall–Kier alpha value is -2.63. The molecule has 1 unspecified atom stereocenters. The Bertz CT molecular complexity index is 1230. The van der Waals surface area contributed by atoms with Crippen molar-refractivity contribution < 1.29 is 9.53 Å². The Balaban J connectivity index is 1.20. The van der Waals surface area contributed by atoms with Crippen LogP contribution in [0.5, 0.6) is 5.75 Å². The van der Waals surface area contributed by atoms with Crippen LogP contribution in [0.25, 0.3) is 21.0 Å². The predicted octanol–water partition coefficient (Wildman–Crippen LogP) is 6.15. The number of aromatic amines is 1. The van der Waals surface area contributed by atoms with Gasteiger partial charge in [0.05, 0.1) is 12.5 Å². The molecule has 1 N–H and O–H groups in total. The molecule has 0 spiro atoms. The number of aryl methyl sites for hydroxylation is 1. The van der Waals surface area contributed by atoms with Crippen molar-refractivity contribution in [3.63, 3.8) is 0 Å². The van der Waals surface area contributed by atoms with E-state index < -0.39 is 0 Å². The molecule has 1 aliphatic heterocycles. The van der Waals surface area contributed by atoms with Gasteiger partial charge in [-0.25, -0.2) is 0 Å². The molecular formula is C27H30N2O2S. The van der Waals surface area contributed by atoms with Crippen molar-refractivity contribution in [2.75, 3.05) is 19.7 Å². The van der Waals surface area contributed by atoms with Crippen LogP contribution in [0.4, 0.5) is 0 Å². The molecule has 1 fully saturated rings. The van der Waals surface area contributed by atoms with Crippen LogP contribution >= 0.6 is 11.3 Å². The minimum absolute atomic E-state index is 0.131. The number of thiophene rings is 1. The van der Waals surface area contributed by atoms with Gasteiger partial charge >= 0.3 is 0 Å². The van der Waals surface area contributed by atoms with Gasteiger partial charge in [0.25, 0.3) is 0 Å². The molecule has 0 amide bonds. The fourth-order valence-corrected chi connectivity index (χ4v) is 5.96. The Morgan fingerprint density at radius 3 is 3.00 bits per heavy atom. The molecule has 166 valence electrons. The first-order valence-corrected chi connectivity index (χ1v) is 12.4. The molecule has 3 atom stereocenters. The molecule has 32 heavy (non-hydrogen) atoms. The zero-order valence-electron chi connectivity index (χ0n) is 18.7. The molecule has 0 bridgehead atoms. The number of nitrogens with one attached hydrogen (secondary N) is 1. The molecule has 0 radical (unpaired) electrons. The van der Waals surface area contributed by atoms with Gasteiger partial charge in [-0.05, 0) is 91.4 Å². The molecule has 5 heteroatoms. The van der Waals surface area contributed by atoms with Crippen molar-refractivity contribution in [1.29, 1.82) is 0 Å². The first-order valence-electron chi connectivity index (χ1n) is 11.5. The molecule has 0 aliphatic carbocycles. The fourth-order valence-electron chi connectivity index (χ4n) is 5.04. The highest BCUT2D eigenvalue weighted by Gasteiger charge is 2.28. The number of rotatable bonds is 7. The van der Waals surface area contributed by atoms with E-state index in [9.17, 15) is 4.79 Å². The van der Waals surface area contributed by atoms with E-state index in [0.717, 1.165) is 48.9 Å². The highest BCUT2D eigenvalue weighted by molar-refractivity contribution is 7.17. The van der Waals surface area contributed by atoms with Crippen LogP contribution in [0, 0.1) is 12.8 Å². The average Bonchev–Trinajstić information content (AvgIpc) is 3.44. The van der Waals surface area contributed by atoms with Crippen LogP contribution in [-0.4, -0.2) is 41.9 Å². The minimum Gasteiger partial charge on any atom is -0.492 e. The van der Waals surface area contributed by atoms with Crippen molar-refractivity contribution in [2.45, 2.75) is 38.6 Å². The standard InChI is InChI=1S/C27H30N2O2S/c1-18-17-32-27-7-6-21(13-24(18)27)22-9-11-29(19(2)12-22)14-20(15-30)16-31-26-5-3-4-25-23(26)8-10-28-25/h3-8,10,13,15,17,19-20,22,28H,9,11-12,14,16H2,1-2H3/t19-,20?,22-/m0/s1. The van der Waals surface area contributed by atoms with Crippen LogP contribution in [0.1, 0.15) is 36.8 Å². The summed E-state index contributed by atoms with van der Waals surface area (Å²) in [4.78, 5) is 17.5. The predicted molar refractivity (Wildman–Crippen MR) is 133 cm³/mol. The van der Waals surface area contributed by atoms with Crippen LogP contribution < -0.4 is 4.74 Å². The Kier molecular flexibility index (Phi) is 6.03. The Labute approximate surface area is 193 Å². The van der Waals surface area contributed by atoms with Gasteiger partial charge in [0.15, 0.2) is 0 Å². The van der Waals surface area contributed by atoms with Gasteiger partial charge in [-0.2, -0.15) is 0 Å². The molecule has 2 aromatic carbocycles. The highest BCUT2D eigenvalue weighted by Crippen LogP contribution is 2.35. The Morgan fingerprint density at radius 1 is 1.25 bits per heavy atom. The highest BCUT2D eigenvalue weighted by atomic mass is 32.1. The van der Waals surface area contributed by atoms with Gasteiger partial charge in [0.2, 0.25) is 0 Å². The van der Waals surface area contributed by atoms with E-state index in [2.05, 4.69) is 47.3 Å². The maximum absolute atomic E-state index is 11.8. The normalized spacial score (nSPS) is 20.6. The third kappa shape index (κ3) is 4.19. The first kappa shape index (κ1) is 21.2. The summed E-state index contributed by atoms with van der Waals surface area (Å²) in [5.41, 5.74) is 3.89. The van der Waals surface area contributed by atoms with Crippen molar-refractivity contribution >= 4 is 38.6 Å². The molecule has 3 heterocycles. The number of carbonyl (C=O) groups is 1. The monoisotopic (exact) mass is 446 g/mol. The van der Waals surface area contributed by atoms with Crippen molar-refractivity contribution in [1.82, 2.24) is 9.88 Å². The zero-order chi connectivity index (χ0) is 22.1. The third-order valence-electron chi connectivity index (χ3n) is 6.95. The number of H-pyrrole nitrogens is 1. The molecular weight excluding hydrogens is 416 g/mol. The lowest BCUT2D eigenvalue weighted by Crippen LogP contribution is -2.44. The maximum atomic E-state index is 11.8. The summed E-state index contributed by atoms with van der Waals surface area (Å²) in [6.07, 6.45) is 5.24. The number of piperidine rings is 1. The first-order chi connectivity index (χ1) is 15.6. The third-order valence-corrected chi connectivity index (χ3v) is 8.03. The van der Waals surface area contributed by atoms with E-state index in [1.807, 2.05) is 41.8 Å². The summed E-state index contributed by atoms with van der Waals surface area (Å²) in [6.45, 7) is 6.68. The largest absolute Gasteiger partial charge is 0.492 e. The number of likely N-dealkylation sites (tertiary alicyclic amines) is 1. The molecule has 4 aromatic rings. The second-order valence-electron chi connectivity index (χ2n) is 9.14. The summed E-state index contributed by atoms with van der Waals surface area (Å²) in [5.74, 6) is 1.29. The second kappa shape index (κ2) is 9.08. The van der Waals surface area contributed by atoms with E-state index in [1.165, 1.54) is 21.2 Å². The van der Waals surface area contributed by atoms with Crippen LogP contribution in [0.2, 0.25) is 0 Å². The van der Waals surface area contributed by atoms with Gasteiger partial charge in [-0.3, -0.25) is 4.90 Å². The van der Waals surface area contributed by atoms with E-state index in [4.69, 9.17) is 4.74 Å². The number of hydrogen-bond donors (Lipinski definition) is 1. The van der Waals surface area contributed by atoms with Gasteiger partial charge in [0, 0.05) is 34.4 Å². The van der Waals surface area contributed by atoms with E-state index in [0.29, 0.717) is 18.6 Å². The van der Waals surface area contributed by atoms with Crippen molar-refractivity contribution in [2.24, 2.45) is 5.92 Å². The number of hydrogen-bond acceptors (Lipinski definition) is 4. The molecule has 2 aromatic heterocycles. The topological polar surface area (TPSA) is 45.3 Å². The second-order valence-corrected chi connectivity index (χ2v) is 10.1. The van der Waals surface area contributed by atoms with E-state index in [1.54, 1.807) is 0 Å². The van der Waals surface area contributed by atoms with Crippen LogP contribution in [0.15, 0.2) is 54.0 Å². The zero-order valence-corrected chi connectivity index (χ0v) is 19.5. The molecule has 1 saturated heterocycles. The lowest BCUT2D eigenvalue weighted by Gasteiger charge is -2.39.